The van der Waals surface area contributed by atoms with Crippen molar-refractivity contribution in [2.45, 2.75) is 31.0 Å². The summed E-state index contributed by atoms with van der Waals surface area (Å²) in [5, 5.41) is 0.484. The molecule has 0 aliphatic carbocycles. The minimum absolute atomic E-state index is 0.167. The molecule has 6 nitrogen and oxygen atoms in total. The summed E-state index contributed by atoms with van der Waals surface area (Å²) in [6.45, 7) is 0.961. The summed E-state index contributed by atoms with van der Waals surface area (Å²) in [6, 6.07) is 15.9. The molecule has 7 heteroatoms. The van der Waals surface area contributed by atoms with E-state index in [-0.39, 0.29) is 24.4 Å². The van der Waals surface area contributed by atoms with E-state index in [1.54, 1.807) is 12.1 Å². The van der Waals surface area contributed by atoms with Gasteiger partial charge in [0.1, 0.15) is 18.3 Å². The Morgan fingerprint density at radius 2 is 1.57 bits per heavy atom. The molecule has 2 aromatic rings. The molecule has 0 spiro atoms. The van der Waals surface area contributed by atoms with Gasteiger partial charge in [-0.3, -0.25) is 4.79 Å². The Morgan fingerprint density at radius 1 is 0.929 bits per heavy atom. The van der Waals surface area contributed by atoms with Crippen LogP contribution < -0.4 is 0 Å². The third kappa shape index (κ3) is 4.10. The van der Waals surface area contributed by atoms with Crippen LogP contribution in [0.3, 0.4) is 0 Å². The quantitative estimate of drug-likeness (QED) is 0.420. The van der Waals surface area contributed by atoms with Crippen molar-refractivity contribution in [1.82, 2.24) is 0 Å². The van der Waals surface area contributed by atoms with Gasteiger partial charge in [-0.05, 0) is 29.8 Å². The van der Waals surface area contributed by atoms with E-state index in [0.717, 1.165) is 5.56 Å². The maximum Gasteiger partial charge on any atom is 0.380 e. The van der Waals surface area contributed by atoms with Crippen molar-refractivity contribution in [2.75, 3.05) is 13.2 Å². The minimum Gasteiger partial charge on any atom is -0.451 e. The minimum atomic E-state index is -0.936. The first-order chi connectivity index (χ1) is 13.6. The molecule has 146 valence electrons. The van der Waals surface area contributed by atoms with Crippen molar-refractivity contribution in [3.8, 4) is 0 Å². The topological polar surface area (TPSA) is 71.1 Å². The van der Waals surface area contributed by atoms with Crippen LogP contribution in [0.2, 0.25) is 5.02 Å². The van der Waals surface area contributed by atoms with Crippen molar-refractivity contribution in [3.63, 3.8) is 0 Å². The van der Waals surface area contributed by atoms with E-state index in [1.807, 2.05) is 30.3 Å². The van der Waals surface area contributed by atoms with Crippen molar-refractivity contribution in [3.05, 3.63) is 70.7 Å². The Morgan fingerprint density at radius 3 is 2.29 bits per heavy atom. The highest BCUT2D eigenvalue weighted by Gasteiger charge is 2.50. The average Bonchev–Trinajstić information content (AvgIpc) is 3.30. The maximum atomic E-state index is 12.2. The van der Waals surface area contributed by atoms with Crippen LogP contribution in [0, 0.1) is 0 Å². The molecular weight excluding hydrogens is 384 g/mol. The Hall–Kier alpha value is -2.25. The second-order valence-electron chi connectivity index (χ2n) is 6.71. The molecule has 0 bridgehead atoms. The molecule has 2 fully saturated rings. The van der Waals surface area contributed by atoms with Crippen LogP contribution in [-0.4, -0.2) is 49.4 Å². The summed E-state index contributed by atoms with van der Waals surface area (Å²) in [5.41, 5.74) is 1.28. The van der Waals surface area contributed by atoms with Gasteiger partial charge in [0, 0.05) is 10.6 Å². The number of ketones is 1. The normalized spacial score (nSPS) is 26.0. The van der Waals surface area contributed by atoms with Crippen LogP contribution >= 0.6 is 11.6 Å². The summed E-state index contributed by atoms with van der Waals surface area (Å²) in [5.74, 6) is -1.66. The lowest BCUT2D eigenvalue weighted by Gasteiger charge is -2.17. The van der Waals surface area contributed by atoms with Crippen LogP contribution in [0.25, 0.3) is 0 Å². The van der Waals surface area contributed by atoms with Crippen LogP contribution in [0.4, 0.5) is 0 Å². The number of Topliss-reactive ketones (excluding diaryl/α,β-unsaturated/α-hetero) is 1. The number of hydrogen-bond donors (Lipinski definition) is 0. The van der Waals surface area contributed by atoms with E-state index in [0.29, 0.717) is 18.2 Å². The van der Waals surface area contributed by atoms with Gasteiger partial charge in [0.25, 0.3) is 5.78 Å². The average molecular weight is 403 g/mol. The highest BCUT2D eigenvalue weighted by atomic mass is 35.5. The molecule has 2 aliphatic rings. The van der Waals surface area contributed by atoms with Gasteiger partial charge < -0.3 is 18.9 Å². The molecule has 28 heavy (non-hydrogen) atoms. The first-order valence-corrected chi connectivity index (χ1v) is 9.39. The molecule has 0 radical (unpaired) electrons. The van der Waals surface area contributed by atoms with Gasteiger partial charge in [-0.15, -0.1) is 0 Å². The van der Waals surface area contributed by atoms with Crippen LogP contribution in [0.5, 0.6) is 0 Å². The van der Waals surface area contributed by atoms with Gasteiger partial charge in [-0.2, -0.15) is 0 Å². The maximum absolute atomic E-state index is 12.2. The molecular formula is C21H19ClO6. The molecule has 2 heterocycles. The molecule has 2 aliphatic heterocycles. The first kappa shape index (κ1) is 19.1. The van der Waals surface area contributed by atoms with E-state index < -0.39 is 24.0 Å². The SMILES string of the molecule is O=C(O[C@@H]1CO[C@H]2[C@@H]1OC[C@@H]2OCc1ccccc1)C(=O)c1ccc(Cl)cc1. The summed E-state index contributed by atoms with van der Waals surface area (Å²) < 4.78 is 22.7. The zero-order valence-corrected chi connectivity index (χ0v) is 15.7. The Bertz CT molecular complexity index is 838. The van der Waals surface area contributed by atoms with Crippen LogP contribution in [-0.2, 0) is 30.3 Å². The smallest absolute Gasteiger partial charge is 0.380 e. The number of halogens is 1. The third-order valence-electron chi connectivity index (χ3n) is 4.82. The summed E-state index contributed by atoms with van der Waals surface area (Å²) in [4.78, 5) is 24.5. The molecule has 4 rings (SSSR count). The molecule has 0 amide bonds. The molecule has 2 saturated heterocycles. The number of carbonyl (C=O) groups is 2. The Balaban J connectivity index is 1.32. The Kier molecular flexibility index (Phi) is 5.73. The van der Waals surface area contributed by atoms with Crippen molar-refractivity contribution < 1.29 is 28.5 Å². The number of carbonyl (C=O) groups excluding carboxylic acids is 2. The highest BCUT2D eigenvalue weighted by Crippen LogP contribution is 2.31. The molecule has 2 aromatic carbocycles. The standard InChI is InChI=1S/C21H19ClO6/c22-15-8-6-14(7-9-15)18(23)21(24)28-17-12-27-19-16(11-26-20(17)19)25-10-13-4-2-1-3-5-13/h1-9,16-17,19-20H,10-12H2/t16-,17+,19+,20+/m0/s1. The summed E-state index contributed by atoms with van der Waals surface area (Å²) in [7, 11) is 0. The second kappa shape index (κ2) is 8.41. The largest absolute Gasteiger partial charge is 0.451 e. The fourth-order valence-electron chi connectivity index (χ4n) is 3.36. The molecule has 0 saturated carbocycles. The van der Waals surface area contributed by atoms with Crippen molar-refractivity contribution in [2.24, 2.45) is 0 Å². The van der Waals surface area contributed by atoms with Crippen LogP contribution in [0.15, 0.2) is 54.6 Å². The fraction of sp³-hybridized carbons (Fsp3) is 0.333. The number of ether oxygens (including phenoxy) is 4. The third-order valence-corrected chi connectivity index (χ3v) is 5.07. The number of fused-ring (bicyclic) bond motifs is 1. The first-order valence-electron chi connectivity index (χ1n) is 9.01. The predicted octanol–water partition coefficient (Wildman–Crippen LogP) is 2.82. The fourth-order valence-corrected chi connectivity index (χ4v) is 3.49. The van der Waals surface area contributed by atoms with Crippen molar-refractivity contribution >= 4 is 23.4 Å². The summed E-state index contributed by atoms with van der Waals surface area (Å²) >= 11 is 5.80. The van der Waals surface area contributed by atoms with Gasteiger partial charge in [0.05, 0.1) is 19.8 Å². The van der Waals surface area contributed by atoms with Gasteiger partial charge in [-0.1, -0.05) is 41.9 Å². The van der Waals surface area contributed by atoms with Gasteiger partial charge >= 0.3 is 5.97 Å². The van der Waals surface area contributed by atoms with E-state index in [9.17, 15) is 9.59 Å². The number of rotatable bonds is 6. The zero-order valence-electron chi connectivity index (χ0n) is 15.0. The highest BCUT2D eigenvalue weighted by molar-refractivity contribution is 6.40. The lowest BCUT2D eigenvalue weighted by Crippen LogP contribution is -2.36. The second-order valence-corrected chi connectivity index (χ2v) is 7.15. The lowest BCUT2D eigenvalue weighted by molar-refractivity contribution is -0.148. The zero-order chi connectivity index (χ0) is 19.5. The van der Waals surface area contributed by atoms with E-state index in [2.05, 4.69) is 0 Å². The van der Waals surface area contributed by atoms with Crippen LogP contribution in [0.1, 0.15) is 15.9 Å². The van der Waals surface area contributed by atoms with Gasteiger partial charge in [0.2, 0.25) is 0 Å². The van der Waals surface area contributed by atoms with E-state index >= 15 is 0 Å². The molecule has 4 atom stereocenters. The van der Waals surface area contributed by atoms with E-state index in [4.69, 9.17) is 30.5 Å². The molecule has 0 aromatic heterocycles. The van der Waals surface area contributed by atoms with Gasteiger partial charge in [-0.25, -0.2) is 4.79 Å². The van der Waals surface area contributed by atoms with Gasteiger partial charge in [0.15, 0.2) is 6.10 Å². The number of benzene rings is 2. The Labute approximate surface area is 167 Å². The lowest BCUT2D eigenvalue weighted by atomic mass is 10.1. The predicted molar refractivity (Wildman–Crippen MR) is 100 cm³/mol. The van der Waals surface area contributed by atoms with E-state index in [1.165, 1.54) is 12.1 Å². The number of esters is 1. The van der Waals surface area contributed by atoms with Crippen molar-refractivity contribution in [1.29, 1.82) is 0 Å². The number of hydrogen-bond acceptors (Lipinski definition) is 6. The summed E-state index contributed by atoms with van der Waals surface area (Å²) in [6.07, 6.45) is -1.66. The molecule has 0 N–H and O–H groups in total. The monoisotopic (exact) mass is 402 g/mol. The molecule has 0 unspecified atom stereocenters.